The van der Waals surface area contributed by atoms with Crippen molar-refractivity contribution >= 4 is 29.3 Å². The Kier molecular flexibility index (Phi) is 2.94. The van der Waals surface area contributed by atoms with Gasteiger partial charge in [0.25, 0.3) is 5.91 Å². The van der Waals surface area contributed by atoms with Gasteiger partial charge in [-0.25, -0.2) is 9.78 Å². The van der Waals surface area contributed by atoms with Crippen molar-refractivity contribution < 1.29 is 14.7 Å². The summed E-state index contributed by atoms with van der Waals surface area (Å²) in [5.74, 6) is -1.18. The molecule has 1 N–H and O–H groups in total. The van der Waals surface area contributed by atoms with Crippen LogP contribution < -0.4 is 4.90 Å². The first-order chi connectivity index (χ1) is 9.58. The zero-order valence-corrected chi connectivity index (χ0v) is 11.3. The molecule has 6 heteroatoms. The van der Waals surface area contributed by atoms with Crippen molar-refractivity contribution in [3.05, 3.63) is 47.7 Å². The molecule has 2 heterocycles. The molecule has 20 heavy (non-hydrogen) atoms. The SMILES string of the molecule is CN1C(=O)c2ccc(C(=O)O)cc2Sc2ncccc21. The summed E-state index contributed by atoms with van der Waals surface area (Å²) in [6, 6.07) is 8.09. The van der Waals surface area contributed by atoms with E-state index >= 15 is 0 Å². The van der Waals surface area contributed by atoms with E-state index in [-0.39, 0.29) is 11.5 Å². The smallest absolute Gasteiger partial charge is 0.335 e. The van der Waals surface area contributed by atoms with Crippen LogP contribution in [0.15, 0.2) is 46.5 Å². The quantitative estimate of drug-likeness (QED) is 0.872. The maximum absolute atomic E-state index is 12.4. The lowest BCUT2D eigenvalue weighted by Gasteiger charge is -2.16. The maximum Gasteiger partial charge on any atom is 0.335 e. The van der Waals surface area contributed by atoms with Gasteiger partial charge < -0.3 is 10.0 Å². The first-order valence-corrected chi connectivity index (χ1v) is 6.68. The molecule has 5 nitrogen and oxygen atoms in total. The molecule has 100 valence electrons. The predicted octanol–water partition coefficient (Wildman–Crippen LogP) is 2.52. The van der Waals surface area contributed by atoms with Crippen LogP contribution in [0.4, 0.5) is 5.69 Å². The molecule has 0 saturated heterocycles. The highest BCUT2D eigenvalue weighted by atomic mass is 32.2. The fraction of sp³-hybridized carbons (Fsp3) is 0.0714. The molecule has 1 aliphatic heterocycles. The van der Waals surface area contributed by atoms with Gasteiger partial charge in [0.15, 0.2) is 0 Å². The monoisotopic (exact) mass is 286 g/mol. The summed E-state index contributed by atoms with van der Waals surface area (Å²) in [6.07, 6.45) is 1.65. The second kappa shape index (κ2) is 4.64. The van der Waals surface area contributed by atoms with E-state index in [9.17, 15) is 9.59 Å². The number of hydrogen-bond donors (Lipinski definition) is 1. The molecule has 0 spiro atoms. The van der Waals surface area contributed by atoms with Crippen molar-refractivity contribution in [2.24, 2.45) is 0 Å². The first kappa shape index (κ1) is 12.7. The van der Waals surface area contributed by atoms with E-state index < -0.39 is 5.97 Å². The third kappa shape index (κ3) is 1.94. The van der Waals surface area contributed by atoms with Crippen LogP contribution in [0.2, 0.25) is 0 Å². The Hall–Kier alpha value is -2.34. The lowest BCUT2D eigenvalue weighted by molar-refractivity contribution is 0.0696. The Morgan fingerprint density at radius 3 is 2.90 bits per heavy atom. The second-order valence-electron chi connectivity index (χ2n) is 4.31. The molecule has 0 atom stereocenters. The van der Waals surface area contributed by atoms with Crippen LogP contribution in [-0.4, -0.2) is 29.0 Å². The molecular formula is C14H10N2O3S. The Labute approximate surface area is 119 Å². The predicted molar refractivity (Wildman–Crippen MR) is 74.5 cm³/mol. The van der Waals surface area contributed by atoms with E-state index in [4.69, 9.17) is 5.11 Å². The van der Waals surface area contributed by atoms with Crippen LogP contribution >= 0.6 is 11.8 Å². The number of nitrogens with zero attached hydrogens (tertiary/aromatic N) is 2. The van der Waals surface area contributed by atoms with Crippen molar-refractivity contribution in [3.8, 4) is 0 Å². The summed E-state index contributed by atoms with van der Waals surface area (Å²) in [4.78, 5) is 29.9. The second-order valence-corrected chi connectivity index (χ2v) is 5.34. The maximum atomic E-state index is 12.4. The number of pyridine rings is 1. The molecule has 0 radical (unpaired) electrons. The van der Waals surface area contributed by atoms with Gasteiger partial charge in [-0.1, -0.05) is 11.8 Å². The number of carbonyl (C=O) groups is 2. The molecule has 1 aromatic carbocycles. The average Bonchev–Trinajstić information content (AvgIpc) is 2.55. The number of aromatic nitrogens is 1. The number of benzene rings is 1. The number of fused-ring (bicyclic) bond motifs is 2. The van der Waals surface area contributed by atoms with Gasteiger partial charge in [0.2, 0.25) is 0 Å². The van der Waals surface area contributed by atoms with E-state index in [2.05, 4.69) is 4.98 Å². The minimum Gasteiger partial charge on any atom is -0.478 e. The lowest BCUT2D eigenvalue weighted by Crippen LogP contribution is -2.26. The highest BCUT2D eigenvalue weighted by Gasteiger charge is 2.26. The molecule has 0 fully saturated rings. The fourth-order valence-electron chi connectivity index (χ4n) is 2.03. The van der Waals surface area contributed by atoms with Crippen LogP contribution in [0, 0.1) is 0 Å². The molecule has 1 aromatic heterocycles. The van der Waals surface area contributed by atoms with Crippen LogP contribution in [0.3, 0.4) is 0 Å². The van der Waals surface area contributed by atoms with E-state index in [0.29, 0.717) is 15.5 Å². The Morgan fingerprint density at radius 2 is 2.15 bits per heavy atom. The standard InChI is InChI=1S/C14H10N2O3S/c1-16-10-3-2-6-15-12(10)20-11-7-8(14(18)19)4-5-9(11)13(16)17/h2-7H,1H3,(H,18,19). The van der Waals surface area contributed by atoms with Gasteiger partial charge in [-0.3, -0.25) is 4.79 Å². The molecule has 1 aliphatic rings. The van der Waals surface area contributed by atoms with E-state index in [1.54, 1.807) is 25.4 Å². The molecule has 0 unspecified atom stereocenters. The van der Waals surface area contributed by atoms with Crippen LogP contribution in [0.5, 0.6) is 0 Å². The van der Waals surface area contributed by atoms with Crippen LogP contribution in [0.25, 0.3) is 0 Å². The number of hydrogen-bond acceptors (Lipinski definition) is 4. The summed E-state index contributed by atoms with van der Waals surface area (Å²) >= 11 is 1.31. The van der Waals surface area contributed by atoms with Crippen molar-refractivity contribution in [3.63, 3.8) is 0 Å². The highest BCUT2D eigenvalue weighted by molar-refractivity contribution is 7.99. The summed E-state index contributed by atoms with van der Waals surface area (Å²) in [6.45, 7) is 0. The molecular weight excluding hydrogens is 276 g/mol. The number of carboxylic acid groups (broad SMARTS) is 1. The third-order valence-electron chi connectivity index (χ3n) is 3.08. The molecule has 0 saturated carbocycles. The van der Waals surface area contributed by atoms with Crippen molar-refractivity contribution in [2.45, 2.75) is 9.92 Å². The van der Waals surface area contributed by atoms with Gasteiger partial charge >= 0.3 is 5.97 Å². The third-order valence-corrected chi connectivity index (χ3v) is 4.15. The molecule has 1 amide bonds. The largest absolute Gasteiger partial charge is 0.478 e. The molecule has 3 rings (SSSR count). The van der Waals surface area contributed by atoms with Crippen molar-refractivity contribution in [1.82, 2.24) is 4.98 Å². The lowest BCUT2D eigenvalue weighted by atomic mass is 10.1. The highest BCUT2D eigenvalue weighted by Crippen LogP contribution is 2.39. The van der Waals surface area contributed by atoms with Crippen molar-refractivity contribution in [1.29, 1.82) is 0 Å². The zero-order valence-electron chi connectivity index (χ0n) is 10.5. The minimum atomic E-state index is -1.01. The van der Waals surface area contributed by atoms with E-state index in [1.165, 1.54) is 28.8 Å². The Bertz CT molecular complexity index is 730. The van der Waals surface area contributed by atoms with Crippen molar-refractivity contribution in [2.75, 3.05) is 11.9 Å². The zero-order chi connectivity index (χ0) is 14.3. The molecule has 0 aliphatic carbocycles. The number of carboxylic acids is 1. The molecule has 2 aromatic rings. The first-order valence-electron chi connectivity index (χ1n) is 5.86. The van der Waals surface area contributed by atoms with Gasteiger partial charge in [0.05, 0.1) is 16.8 Å². The number of rotatable bonds is 1. The fourth-order valence-corrected chi connectivity index (χ4v) is 3.11. The molecule has 0 bridgehead atoms. The number of anilines is 1. The van der Waals surface area contributed by atoms with Gasteiger partial charge in [0.1, 0.15) is 5.03 Å². The van der Waals surface area contributed by atoms with Crippen LogP contribution in [-0.2, 0) is 0 Å². The average molecular weight is 286 g/mol. The number of carbonyl (C=O) groups excluding carboxylic acids is 1. The summed E-state index contributed by atoms with van der Waals surface area (Å²) < 4.78 is 0. The summed E-state index contributed by atoms with van der Waals surface area (Å²) in [7, 11) is 1.68. The Balaban J connectivity index is 2.20. The minimum absolute atomic E-state index is 0.158. The van der Waals surface area contributed by atoms with Gasteiger partial charge in [-0.2, -0.15) is 0 Å². The number of aromatic carboxylic acids is 1. The summed E-state index contributed by atoms with van der Waals surface area (Å²) in [5.41, 5.74) is 1.36. The summed E-state index contributed by atoms with van der Waals surface area (Å²) in [5, 5.41) is 9.73. The van der Waals surface area contributed by atoms with Gasteiger partial charge in [-0.15, -0.1) is 0 Å². The van der Waals surface area contributed by atoms with E-state index in [1.807, 2.05) is 6.07 Å². The van der Waals surface area contributed by atoms with Gasteiger partial charge in [-0.05, 0) is 30.3 Å². The van der Waals surface area contributed by atoms with E-state index in [0.717, 1.165) is 5.69 Å². The van der Waals surface area contributed by atoms with Crippen LogP contribution in [0.1, 0.15) is 20.7 Å². The number of amides is 1. The topological polar surface area (TPSA) is 70.5 Å². The Morgan fingerprint density at radius 1 is 1.35 bits per heavy atom. The normalized spacial score (nSPS) is 13.4. The van der Waals surface area contributed by atoms with Gasteiger partial charge in [0, 0.05) is 18.1 Å².